The van der Waals surface area contributed by atoms with Crippen LogP contribution in [0.2, 0.25) is 0 Å². The maximum Gasteiger partial charge on any atom is 0.308 e. The number of carbonyl (C=O) groups excluding carboxylic acids is 1. The summed E-state index contributed by atoms with van der Waals surface area (Å²) in [5, 5.41) is 8.97. The molecule has 1 saturated heterocycles. The third-order valence-corrected chi connectivity index (χ3v) is 3.56. The number of carbonyl (C=O) groups is 2. The Balaban J connectivity index is 1.73. The van der Waals surface area contributed by atoms with Crippen LogP contribution in [0.4, 0.5) is 0 Å². The van der Waals surface area contributed by atoms with E-state index in [0.717, 1.165) is 0 Å². The smallest absolute Gasteiger partial charge is 0.308 e. The van der Waals surface area contributed by atoms with Gasteiger partial charge in [0, 0.05) is 13.1 Å². The molecule has 0 aromatic carbocycles. The fourth-order valence-corrected chi connectivity index (χ4v) is 2.18. The maximum absolute atomic E-state index is 11.8. The Hall–Kier alpha value is -1.10. The van der Waals surface area contributed by atoms with Gasteiger partial charge in [-0.25, -0.2) is 0 Å². The van der Waals surface area contributed by atoms with E-state index in [-0.39, 0.29) is 18.4 Å². The zero-order valence-corrected chi connectivity index (χ0v) is 10.1. The normalized spacial score (nSPS) is 28.4. The van der Waals surface area contributed by atoms with Gasteiger partial charge in [-0.2, -0.15) is 0 Å². The lowest BCUT2D eigenvalue weighted by Gasteiger charge is -2.15. The molecule has 96 valence electrons. The van der Waals surface area contributed by atoms with Crippen molar-refractivity contribution in [1.82, 2.24) is 4.90 Å². The quantitative estimate of drug-likeness (QED) is 0.765. The van der Waals surface area contributed by atoms with E-state index in [2.05, 4.69) is 0 Å². The number of rotatable bonds is 5. The Bertz CT molecular complexity index is 314. The average Bonchev–Trinajstić information content (AvgIpc) is 2.99. The van der Waals surface area contributed by atoms with Gasteiger partial charge in [0.1, 0.15) is 6.61 Å². The predicted molar refractivity (Wildman–Crippen MR) is 60.4 cm³/mol. The molecule has 0 aromatic heterocycles. The summed E-state index contributed by atoms with van der Waals surface area (Å²) in [5.74, 6) is -0.651. The largest absolute Gasteiger partial charge is 0.481 e. The van der Waals surface area contributed by atoms with Crippen LogP contribution in [0.1, 0.15) is 19.8 Å². The summed E-state index contributed by atoms with van der Waals surface area (Å²) in [6.45, 7) is 3.48. The lowest BCUT2D eigenvalue weighted by molar-refractivity contribution is -0.142. The summed E-state index contributed by atoms with van der Waals surface area (Å²) >= 11 is 0. The van der Waals surface area contributed by atoms with Crippen LogP contribution in [0.15, 0.2) is 0 Å². The van der Waals surface area contributed by atoms with Crippen LogP contribution in [-0.2, 0) is 14.3 Å². The maximum atomic E-state index is 11.8. The second-order valence-electron chi connectivity index (χ2n) is 5.18. The molecule has 0 aromatic rings. The Morgan fingerprint density at radius 2 is 2.06 bits per heavy atom. The Morgan fingerprint density at radius 3 is 2.59 bits per heavy atom. The van der Waals surface area contributed by atoms with Crippen molar-refractivity contribution in [2.75, 3.05) is 26.3 Å². The second-order valence-corrected chi connectivity index (χ2v) is 5.18. The number of likely N-dealkylation sites (tertiary alicyclic amines) is 1. The number of aliphatic carboxylic acids is 1. The molecule has 0 spiro atoms. The lowest BCUT2D eigenvalue weighted by atomic mass is 9.99. The van der Waals surface area contributed by atoms with E-state index in [1.54, 1.807) is 4.90 Å². The van der Waals surface area contributed by atoms with E-state index in [4.69, 9.17) is 9.84 Å². The zero-order chi connectivity index (χ0) is 12.4. The summed E-state index contributed by atoms with van der Waals surface area (Å²) in [4.78, 5) is 24.3. The molecule has 1 saturated carbocycles. The van der Waals surface area contributed by atoms with Gasteiger partial charge in [-0.15, -0.1) is 0 Å². The van der Waals surface area contributed by atoms with E-state index in [1.165, 1.54) is 12.8 Å². The SMILES string of the molecule is C[C@@H]1CN(C(=O)COCC2CC2)C[C@H]1C(=O)O. The standard InChI is InChI=1S/C12H19NO4/c1-8-4-13(5-10(8)12(15)16)11(14)7-17-6-9-2-3-9/h8-10H,2-7H2,1H3,(H,15,16)/t8-,10-/m1/s1. The first kappa shape index (κ1) is 12.4. The highest BCUT2D eigenvalue weighted by Crippen LogP contribution is 2.29. The third kappa shape index (κ3) is 3.19. The van der Waals surface area contributed by atoms with Gasteiger partial charge in [0.05, 0.1) is 12.5 Å². The molecule has 0 unspecified atom stereocenters. The van der Waals surface area contributed by atoms with Crippen LogP contribution >= 0.6 is 0 Å². The highest BCUT2D eigenvalue weighted by Gasteiger charge is 2.36. The fraction of sp³-hybridized carbons (Fsp3) is 0.833. The first-order chi connectivity index (χ1) is 8.08. The molecule has 1 amide bonds. The Labute approximate surface area is 101 Å². The van der Waals surface area contributed by atoms with Crippen LogP contribution in [0.5, 0.6) is 0 Å². The predicted octanol–water partition coefficient (Wildman–Crippen LogP) is 0.592. The van der Waals surface area contributed by atoms with Gasteiger partial charge in [-0.3, -0.25) is 9.59 Å². The van der Waals surface area contributed by atoms with Gasteiger partial charge in [-0.05, 0) is 24.7 Å². The summed E-state index contributed by atoms with van der Waals surface area (Å²) in [5.41, 5.74) is 0. The average molecular weight is 241 g/mol. The van der Waals surface area contributed by atoms with Crippen LogP contribution in [0.3, 0.4) is 0 Å². The summed E-state index contributed by atoms with van der Waals surface area (Å²) in [6, 6.07) is 0. The number of carboxylic acid groups (broad SMARTS) is 1. The van der Waals surface area contributed by atoms with Gasteiger partial charge in [-0.1, -0.05) is 6.92 Å². The number of amides is 1. The minimum Gasteiger partial charge on any atom is -0.481 e. The molecule has 1 heterocycles. The Morgan fingerprint density at radius 1 is 1.35 bits per heavy atom. The topological polar surface area (TPSA) is 66.8 Å². The van der Waals surface area contributed by atoms with Crippen molar-refractivity contribution in [2.45, 2.75) is 19.8 Å². The van der Waals surface area contributed by atoms with E-state index in [9.17, 15) is 9.59 Å². The van der Waals surface area contributed by atoms with Crippen molar-refractivity contribution in [3.8, 4) is 0 Å². The molecular weight excluding hydrogens is 222 g/mol. The first-order valence-corrected chi connectivity index (χ1v) is 6.16. The zero-order valence-electron chi connectivity index (χ0n) is 10.1. The molecule has 0 radical (unpaired) electrons. The molecule has 2 aliphatic rings. The molecular formula is C12H19NO4. The summed E-state index contributed by atoms with van der Waals surface area (Å²) in [7, 11) is 0. The Kier molecular flexibility index (Phi) is 3.66. The molecule has 0 bridgehead atoms. The minimum atomic E-state index is -0.813. The van der Waals surface area contributed by atoms with Crippen molar-refractivity contribution in [1.29, 1.82) is 0 Å². The third-order valence-electron chi connectivity index (χ3n) is 3.56. The van der Waals surface area contributed by atoms with Crippen LogP contribution in [0, 0.1) is 17.8 Å². The number of ether oxygens (including phenoxy) is 1. The van der Waals surface area contributed by atoms with Gasteiger partial charge in [0.15, 0.2) is 0 Å². The minimum absolute atomic E-state index is 0.0277. The first-order valence-electron chi connectivity index (χ1n) is 6.16. The lowest BCUT2D eigenvalue weighted by Crippen LogP contribution is -2.33. The summed E-state index contributed by atoms with van der Waals surface area (Å²) in [6.07, 6.45) is 2.41. The molecule has 2 rings (SSSR count). The van der Waals surface area contributed by atoms with Gasteiger partial charge in [0.25, 0.3) is 0 Å². The van der Waals surface area contributed by atoms with Crippen LogP contribution < -0.4 is 0 Å². The highest BCUT2D eigenvalue weighted by molar-refractivity contribution is 5.79. The van der Waals surface area contributed by atoms with Crippen molar-refractivity contribution in [3.63, 3.8) is 0 Å². The molecule has 1 aliphatic heterocycles. The van der Waals surface area contributed by atoms with Crippen LogP contribution in [0.25, 0.3) is 0 Å². The van der Waals surface area contributed by atoms with E-state index < -0.39 is 11.9 Å². The van der Waals surface area contributed by atoms with Crippen molar-refractivity contribution < 1.29 is 19.4 Å². The van der Waals surface area contributed by atoms with E-state index in [0.29, 0.717) is 25.6 Å². The second kappa shape index (κ2) is 5.04. The van der Waals surface area contributed by atoms with E-state index >= 15 is 0 Å². The monoisotopic (exact) mass is 241 g/mol. The number of carboxylic acids is 1. The fourth-order valence-electron chi connectivity index (χ4n) is 2.18. The molecule has 5 nitrogen and oxygen atoms in total. The van der Waals surface area contributed by atoms with Gasteiger partial charge >= 0.3 is 5.97 Å². The van der Waals surface area contributed by atoms with Crippen molar-refractivity contribution in [2.24, 2.45) is 17.8 Å². The number of hydrogen-bond acceptors (Lipinski definition) is 3. The molecule has 5 heteroatoms. The van der Waals surface area contributed by atoms with Crippen molar-refractivity contribution >= 4 is 11.9 Å². The van der Waals surface area contributed by atoms with Crippen molar-refractivity contribution in [3.05, 3.63) is 0 Å². The van der Waals surface area contributed by atoms with Gasteiger partial charge < -0.3 is 14.7 Å². The number of nitrogens with zero attached hydrogens (tertiary/aromatic N) is 1. The number of hydrogen-bond donors (Lipinski definition) is 1. The molecule has 2 fully saturated rings. The highest BCUT2D eigenvalue weighted by atomic mass is 16.5. The molecule has 1 aliphatic carbocycles. The molecule has 2 atom stereocenters. The van der Waals surface area contributed by atoms with E-state index in [1.807, 2.05) is 6.92 Å². The molecule has 17 heavy (non-hydrogen) atoms. The molecule has 1 N–H and O–H groups in total. The summed E-state index contributed by atoms with van der Waals surface area (Å²) < 4.78 is 5.32. The van der Waals surface area contributed by atoms with Gasteiger partial charge in [0.2, 0.25) is 5.91 Å². The van der Waals surface area contributed by atoms with Crippen LogP contribution in [-0.4, -0.2) is 48.2 Å².